The van der Waals surface area contributed by atoms with Crippen molar-refractivity contribution in [1.82, 2.24) is 10.2 Å². The molecule has 1 aliphatic carbocycles. The third-order valence-corrected chi connectivity index (χ3v) is 11.0. The number of amides is 2. The van der Waals surface area contributed by atoms with Crippen molar-refractivity contribution in [3.05, 3.63) is 129 Å². The third-order valence-electron chi connectivity index (χ3n) is 8.88. The molecule has 0 saturated heterocycles. The van der Waals surface area contributed by atoms with Crippen LogP contribution >= 0.6 is 11.6 Å². The molecule has 262 valence electrons. The topological polar surface area (TPSA) is 139 Å². The van der Waals surface area contributed by atoms with Gasteiger partial charge in [-0.05, 0) is 67.3 Å². The number of nitro benzene ring substituents is 1. The Morgan fingerprint density at radius 1 is 0.980 bits per heavy atom. The zero-order valence-corrected chi connectivity index (χ0v) is 29.4. The number of benzene rings is 4. The Balaban J connectivity index is 1.60. The molecule has 1 saturated carbocycles. The zero-order chi connectivity index (χ0) is 35.8. The van der Waals surface area contributed by atoms with Crippen molar-refractivity contribution in [2.75, 3.05) is 18.0 Å². The number of nitrogens with zero attached hydrogens (tertiary/aromatic N) is 3. The number of ether oxygens (including phenoxy) is 1. The van der Waals surface area contributed by atoms with Gasteiger partial charge in [0.1, 0.15) is 18.3 Å². The fourth-order valence-electron chi connectivity index (χ4n) is 6.08. The minimum Gasteiger partial charge on any atom is -0.497 e. The fraction of sp³-hybridized carbons (Fsp3) is 0.297. The van der Waals surface area contributed by atoms with Gasteiger partial charge in [0.15, 0.2) is 0 Å². The van der Waals surface area contributed by atoms with Crippen molar-refractivity contribution >= 4 is 44.8 Å². The number of hydrogen-bond acceptors (Lipinski definition) is 7. The lowest BCUT2D eigenvalue weighted by Crippen LogP contribution is -2.54. The van der Waals surface area contributed by atoms with E-state index in [0.717, 1.165) is 41.6 Å². The molecule has 4 aromatic carbocycles. The Bertz CT molecular complexity index is 1940. The predicted octanol–water partition coefficient (Wildman–Crippen LogP) is 6.46. The summed E-state index contributed by atoms with van der Waals surface area (Å²) in [6, 6.07) is 24.9. The summed E-state index contributed by atoms with van der Waals surface area (Å²) in [5, 5.41) is 15.3. The van der Waals surface area contributed by atoms with E-state index in [0.29, 0.717) is 16.3 Å². The van der Waals surface area contributed by atoms with Gasteiger partial charge in [-0.15, -0.1) is 0 Å². The van der Waals surface area contributed by atoms with Crippen LogP contribution < -0.4 is 14.4 Å². The minimum absolute atomic E-state index is 0.0356. The molecule has 0 unspecified atom stereocenters. The quantitative estimate of drug-likeness (QED) is 0.117. The maximum atomic E-state index is 14.7. The van der Waals surface area contributed by atoms with Gasteiger partial charge in [0.2, 0.25) is 11.8 Å². The lowest BCUT2D eigenvalue weighted by Gasteiger charge is -2.34. The van der Waals surface area contributed by atoms with E-state index < -0.39 is 33.4 Å². The van der Waals surface area contributed by atoms with Crippen molar-refractivity contribution in [2.45, 2.75) is 62.6 Å². The molecule has 50 heavy (non-hydrogen) atoms. The van der Waals surface area contributed by atoms with E-state index in [1.54, 1.807) is 36.4 Å². The predicted molar refractivity (Wildman–Crippen MR) is 192 cm³/mol. The smallest absolute Gasteiger partial charge is 0.273 e. The Labute approximate surface area is 297 Å². The third kappa shape index (κ3) is 8.61. The van der Waals surface area contributed by atoms with Crippen molar-refractivity contribution in [3.8, 4) is 5.75 Å². The standard InChI is InChI=1S/C37H39ClN4O7S/c1-26-16-21-32(23-34(26)42(45)46)50(47,48)41(30-17-19-31(49-2)20-18-30)25-36(43)40(24-28-12-6-9-15-33(28)38)35(22-27-10-4-3-5-11-27)37(44)39-29-13-7-8-14-29/h3-6,9-12,15-21,23,29,35H,7-8,13-14,22,24-25H2,1-2H3,(H,39,44)/t35-/m1/s1. The molecule has 1 N–H and O–H groups in total. The first-order valence-corrected chi connectivity index (χ1v) is 18.1. The Hall–Kier alpha value is -4.94. The second-order valence-electron chi connectivity index (χ2n) is 12.2. The Kier molecular flexibility index (Phi) is 11.8. The van der Waals surface area contributed by atoms with Crippen molar-refractivity contribution in [1.29, 1.82) is 0 Å². The van der Waals surface area contributed by atoms with E-state index in [9.17, 15) is 28.1 Å². The van der Waals surface area contributed by atoms with E-state index in [2.05, 4.69) is 5.32 Å². The average Bonchev–Trinajstić information content (AvgIpc) is 3.62. The zero-order valence-electron chi connectivity index (χ0n) is 27.8. The van der Waals surface area contributed by atoms with Gasteiger partial charge in [-0.3, -0.25) is 24.0 Å². The highest BCUT2D eigenvalue weighted by molar-refractivity contribution is 7.92. The Morgan fingerprint density at radius 2 is 1.64 bits per heavy atom. The van der Waals surface area contributed by atoms with E-state index in [-0.39, 0.29) is 46.7 Å². The first-order valence-electron chi connectivity index (χ1n) is 16.3. The summed E-state index contributed by atoms with van der Waals surface area (Å²) >= 11 is 6.58. The maximum absolute atomic E-state index is 14.7. The van der Waals surface area contributed by atoms with Crippen LogP contribution in [0.3, 0.4) is 0 Å². The van der Waals surface area contributed by atoms with Crippen molar-refractivity contribution in [2.24, 2.45) is 0 Å². The number of nitro groups is 1. The lowest BCUT2D eigenvalue weighted by atomic mass is 10.0. The molecule has 5 rings (SSSR count). The average molecular weight is 719 g/mol. The normalized spacial score (nSPS) is 13.7. The number of carbonyl (C=O) groups is 2. The van der Waals surface area contributed by atoms with Gasteiger partial charge < -0.3 is 15.0 Å². The molecule has 1 fully saturated rings. The number of methoxy groups -OCH3 is 1. The molecule has 0 heterocycles. The van der Waals surface area contributed by atoms with Crippen LogP contribution in [0.1, 0.15) is 42.4 Å². The van der Waals surface area contributed by atoms with Gasteiger partial charge >= 0.3 is 0 Å². The lowest BCUT2D eigenvalue weighted by molar-refractivity contribution is -0.385. The molecule has 0 spiro atoms. The van der Waals surface area contributed by atoms with Crippen LogP contribution in [-0.4, -0.2) is 55.8 Å². The summed E-state index contributed by atoms with van der Waals surface area (Å²) in [5.74, 6) is -0.571. The van der Waals surface area contributed by atoms with Gasteiger partial charge in [0, 0.05) is 35.7 Å². The highest BCUT2D eigenvalue weighted by atomic mass is 35.5. The van der Waals surface area contributed by atoms with E-state index in [4.69, 9.17) is 16.3 Å². The number of sulfonamides is 1. The molecule has 4 aromatic rings. The summed E-state index contributed by atoms with van der Waals surface area (Å²) < 4.78 is 34.9. The number of nitrogens with one attached hydrogen (secondary N) is 1. The molecule has 0 aromatic heterocycles. The van der Waals surface area contributed by atoms with Crippen molar-refractivity contribution in [3.63, 3.8) is 0 Å². The Morgan fingerprint density at radius 3 is 2.28 bits per heavy atom. The second-order valence-corrected chi connectivity index (χ2v) is 14.5. The van der Waals surface area contributed by atoms with Crippen molar-refractivity contribution < 1.29 is 27.7 Å². The number of anilines is 1. The summed E-state index contributed by atoms with van der Waals surface area (Å²) in [6.07, 6.45) is 3.79. The van der Waals surface area contributed by atoms with Crippen LogP contribution in [0.25, 0.3) is 0 Å². The SMILES string of the molecule is COc1ccc(N(CC(=O)N(Cc2ccccc2Cl)[C@H](Cc2ccccc2)C(=O)NC2CCCC2)S(=O)(=O)c2ccc(C)c([N+](=O)[O-])c2)cc1. The number of aryl methyl sites for hydroxylation is 1. The van der Waals surface area contributed by atoms with Crippen LogP contribution in [0.2, 0.25) is 5.02 Å². The van der Waals surface area contributed by atoms with Crippen LogP contribution in [-0.2, 0) is 32.6 Å². The maximum Gasteiger partial charge on any atom is 0.273 e. The monoisotopic (exact) mass is 718 g/mol. The molecule has 0 bridgehead atoms. The van der Waals surface area contributed by atoms with Crippen LogP contribution in [0.15, 0.2) is 102 Å². The van der Waals surface area contributed by atoms with E-state index >= 15 is 0 Å². The first kappa shape index (κ1) is 36.3. The number of hydrogen-bond donors (Lipinski definition) is 1. The molecule has 1 atom stereocenters. The minimum atomic E-state index is -4.57. The molecule has 1 aliphatic rings. The molecular formula is C37H39ClN4O7S. The number of carbonyl (C=O) groups excluding carboxylic acids is 2. The van der Waals surface area contributed by atoms with Crippen LogP contribution in [0.4, 0.5) is 11.4 Å². The molecule has 0 aliphatic heterocycles. The van der Waals surface area contributed by atoms with Crippen LogP contribution in [0.5, 0.6) is 5.75 Å². The number of rotatable bonds is 14. The van der Waals surface area contributed by atoms with E-state index in [1.165, 1.54) is 43.2 Å². The molecule has 2 amide bonds. The highest BCUT2D eigenvalue weighted by Crippen LogP contribution is 2.30. The second kappa shape index (κ2) is 16.2. The highest BCUT2D eigenvalue weighted by Gasteiger charge is 2.36. The molecule has 11 nitrogen and oxygen atoms in total. The van der Waals surface area contributed by atoms with Gasteiger partial charge in [-0.25, -0.2) is 8.42 Å². The fourth-order valence-corrected chi connectivity index (χ4v) is 7.71. The molecule has 0 radical (unpaired) electrons. The summed E-state index contributed by atoms with van der Waals surface area (Å²) in [7, 11) is -3.10. The van der Waals surface area contributed by atoms with Crippen LogP contribution in [0, 0.1) is 17.0 Å². The van der Waals surface area contributed by atoms with Gasteiger partial charge in [-0.2, -0.15) is 0 Å². The van der Waals surface area contributed by atoms with E-state index in [1.807, 2.05) is 30.3 Å². The summed E-state index contributed by atoms with van der Waals surface area (Å²) in [4.78, 5) is 41.0. The van der Waals surface area contributed by atoms with Gasteiger partial charge in [0.05, 0.1) is 22.6 Å². The van der Waals surface area contributed by atoms with Gasteiger partial charge in [-0.1, -0.05) is 79.0 Å². The molecular weight excluding hydrogens is 680 g/mol. The van der Waals surface area contributed by atoms with Gasteiger partial charge in [0.25, 0.3) is 15.7 Å². The first-order chi connectivity index (χ1) is 24.0. The summed E-state index contributed by atoms with van der Waals surface area (Å²) in [5.41, 5.74) is 1.41. The summed E-state index contributed by atoms with van der Waals surface area (Å²) in [6.45, 7) is 0.707. The molecule has 13 heteroatoms. The largest absolute Gasteiger partial charge is 0.497 e. The number of halogens is 1.